The first-order valence-electron chi connectivity index (χ1n) is 8.72. The molecular formula is C21H27NO3. The second-order valence-electron chi connectivity index (χ2n) is 6.27. The van der Waals surface area contributed by atoms with Gasteiger partial charge in [-0.1, -0.05) is 43.3 Å². The fourth-order valence-corrected chi connectivity index (χ4v) is 2.47. The van der Waals surface area contributed by atoms with Gasteiger partial charge < -0.3 is 14.8 Å². The van der Waals surface area contributed by atoms with Crippen LogP contribution < -0.4 is 14.8 Å². The summed E-state index contributed by atoms with van der Waals surface area (Å²) in [4.78, 5) is 12.5. The van der Waals surface area contributed by atoms with Crippen molar-refractivity contribution in [2.75, 3.05) is 6.61 Å². The van der Waals surface area contributed by atoms with Crippen molar-refractivity contribution >= 4 is 5.91 Å². The van der Waals surface area contributed by atoms with Gasteiger partial charge in [-0.05, 0) is 50.5 Å². The molecule has 2 atom stereocenters. The number of ether oxygens (including phenoxy) is 2. The van der Waals surface area contributed by atoms with Crippen LogP contribution in [0.2, 0.25) is 0 Å². The Balaban J connectivity index is 1.88. The van der Waals surface area contributed by atoms with E-state index in [2.05, 4.69) is 5.32 Å². The van der Waals surface area contributed by atoms with Crippen LogP contribution in [-0.2, 0) is 4.79 Å². The van der Waals surface area contributed by atoms with Crippen LogP contribution in [0.1, 0.15) is 31.4 Å². The van der Waals surface area contributed by atoms with Gasteiger partial charge in [0.1, 0.15) is 18.1 Å². The van der Waals surface area contributed by atoms with Gasteiger partial charge >= 0.3 is 0 Å². The van der Waals surface area contributed by atoms with Gasteiger partial charge in [0.2, 0.25) is 0 Å². The van der Waals surface area contributed by atoms with Crippen molar-refractivity contribution in [1.29, 1.82) is 0 Å². The highest BCUT2D eigenvalue weighted by atomic mass is 16.5. The van der Waals surface area contributed by atoms with Crippen LogP contribution in [0, 0.1) is 13.8 Å². The Hall–Kier alpha value is -2.49. The molecule has 0 spiro atoms. The third-order valence-electron chi connectivity index (χ3n) is 4.00. The SMILES string of the molecule is CC[C@@H](Oc1ccccc1C)C(=O)N[C@H](C)COc1ccccc1C. The van der Waals surface area contributed by atoms with Gasteiger partial charge in [-0.3, -0.25) is 4.79 Å². The topological polar surface area (TPSA) is 47.6 Å². The molecule has 2 aromatic carbocycles. The maximum absolute atomic E-state index is 12.5. The van der Waals surface area contributed by atoms with E-state index < -0.39 is 6.10 Å². The zero-order valence-electron chi connectivity index (χ0n) is 15.4. The van der Waals surface area contributed by atoms with Crippen molar-refractivity contribution in [1.82, 2.24) is 5.32 Å². The number of rotatable bonds is 8. The number of benzene rings is 2. The van der Waals surface area contributed by atoms with Crippen LogP contribution >= 0.6 is 0 Å². The third kappa shape index (κ3) is 5.52. The Labute approximate surface area is 150 Å². The van der Waals surface area contributed by atoms with E-state index in [1.807, 2.05) is 76.2 Å². The zero-order valence-corrected chi connectivity index (χ0v) is 15.4. The maximum Gasteiger partial charge on any atom is 0.261 e. The number of para-hydroxylation sites is 2. The van der Waals surface area contributed by atoms with Gasteiger partial charge in [0.25, 0.3) is 5.91 Å². The van der Waals surface area contributed by atoms with Crippen molar-refractivity contribution in [3.8, 4) is 11.5 Å². The van der Waals surface area contributed by atoms with E-state index in [9.17, 15) is 4.79 Å². The quantitative estimate of drug-likeness (QED) is 0.788. The van der Waals surface area contributed by atoms with Gasteiger partial charge in [-0.2, -0.15) is 0 Å². The molecule has 0 bridgehead atoms. The van der Waals surface area contributed by atoms with Gasteiger partial charge in [-0.25, -0.2) is 0 Å². The van der Waals surface area contributed by atoms with Crippen LogP contribution in [0.15, 0.2) is 48.5 Å². The van der Waals surface area contributed by atoms with Crippen LogP contribution in [0.5, 0.6) is 11.5 Å². The minimum absolute atomic E-state index is 0.110. The fourth-order valence-electron chi connectivity index (χ4n) is 2.47. The average Bonchev–Trinajstić information content (AvgIpc) is 2.60. The lowest BCUT2D eigenvalue weighted by atomic mass is 10.2. The Morgan fingerprint density at radius 2 is 1.56 bits per heavy atom. The molecule has 1 amide bonds. The average molecular weight is 341 g/mol. The first-order valence-corrected chi connectivity index (χ1v) is 8.72. The summed E-state index contributed by atoms with van der Waals surface area (Å²) < 4.78 is 11.7. The summed E-state index contributed by atoms with van der Waals surface area (Å²) in [5, 5.41) is 2.97. The standard InChI is InChI=1S/C21H27NO3/c1-5-18(25-20-13-9-7-11-16(20)3)21(23)22-17(4)14-24-19-12-8-6-10-15(19)2/h6-13,17-18H,5,14H2,1-4H3,(H,22,23)/t17-,18-/m1/s1. The molecule has 4 heteroatoms. The fraction of sp³-hybridized carbons (Fsp3) is 0.381. The zero-order chi connectivity index (χ0) is 18.2. The van der Waals surface area contributed by atoms with E-state index in [0.29, 0.717) is 13.0 Å². The molecule has 2 rings (SSSR count). The molecule has 1 N–H and O–H groups in total. The Morgan fingerprint density at radius 3 is 2.12 bits per heavy atom. The predicted molar refractivity (Wildman–Crippen MR) is 100 cm³/mol. The third-order valence-corrected chi connectivity index (χ3v) is 4.00. The maximum atomic E-state index is 12.5. The summed E-state index contributed by atoms with van der Waals surface area (Å²) in [5.74, 6) is 1.46. The molecule has 0 radical (unpaired) electrons. The molecule has 0 aliphatic heterocycles. The van der Waals surface area contributed by atoms with E-state index in [-0.39, 0.29) is 11.9 Å². The number of nitrogens with one attached hydrogen (secondary N) is 1. The molecular weight excluding hydrogens is 314 g/mol. The predicted octanol–water partition coefficient (Wildman–Crippen LogP) is 4.04. The van der Waals surface area contributed by atoms with Gasteiger partial charge in [-0.15, -0.1) is 0 Å². The number of hydrogen-bond donors (Lipinski definition) is 1. The number of carbonyl (C=O) groups excluding carboxylic acids is 1. The number of carbonyl (C=O) groups is 1. The summed E-state index contributed by atoms with van der Waals surface area (Å²) >= 11 is 0. The lowest BCUT2D eigenvalue weighted by Crippen LogP contribution is -2.44. The van der Waals surface area contributed by atoms with Crippen molar-refractivity contribution in [2.45, 2.75) is 46.3 Å². The Morgan fingerprint density at radius 1 is 1.00 bits per heavy atom. The van der Waals surface area contributed by atoms with Gasteiger partial charge in [0, 0.05) is 0 Å². The highest BCUT2D eigenvalue weighted by Gasteiger charge is 2.21. The summed E-state index contributed by atoms with van der Waals surface area (Å²) in [6.07, 6.45) is 0.0907. The molecule has 0 fully saturated rings. The van der Waals surface area contributed by atoms with Gasteiger partial charge in [0.05, 0.1) is 6.04 Å². The molecule has 4 nitrogen and oxygen atoms in total. The minimum Gasteiger partial charge on any atom is -0.491 e. The molecule has 2 aromatic rings. The second-order valence-corrected chi connectivity index (χ2v) is 6.27. The van der Waals surface area contributed by atoms with Crippen LogP contribution in [-0.4, -0.2) is 24.7 Å². The number of hydrogen-bond acceptors (Lipinski definition) is 3. The molecule has 0 aliphatic rings. The van der Waals surface area contributed by atoms with Crippen LogP contribution in [0.3, 0.4) is 0 Å². The van der Waals surface area contributed by atoms with Crippen molar-refractivity contribution in [3.63, 3.8) is 0 Å². The minimum atomic E-state index is -0.512. The molecule has 0 saturated carbocycles. The van der Waals surface area contributed by atoms with Crippen molar-refractivity contribution in [2.24, 2.45) is 0 Å². The van der Waals surface area contributed by atoms with E-state index in [1.54, 1.807) is 0 Å². The molecule has 0 aliphatic carbocycles. The molecule has 0 heterocycles. The number of amides is 1. The van der Waals surface area contributed by atoms with E-state index in [1.165, 1.54) is 0 Å². The molecule has 0 aromatic heterocycles. The lowest BCUT2D eigenvalue weighted by molar-refractivity contribution is -0.129. The summed E-state index contributed by atoms with van der Waals surface area (Å²) in [7, 11) is 0. The highest BCUT2D eigenvalue weighted by Crippen LogP contribution is 2.19. The monoisotopic (exact) mass is 341 g/mol. The first-order chi connectivity index (χ1) is 12.0. The van der Waals surface area contributed by atoms with E-state index >= 15 is 0 Å². The molecule has 0 saturated heterocycles. The summed E-state index contributed by atoms with van der Waals surface area (Å²) in [6, 6.07) is 15.5. The summed E-state index contributed by atoms with van der Waals surface area (Å²) in [5.41, 5.74) is 2.10. The normalized spacial score (nSPS) is 13.0. The number of aryl methyl sites for hydroxylation is 2. The molecule has 134 valence electrons. The smallest absolute Gasteiger partial charge is 0.261 e. The Bertz CT molecular complexity index is 699. The van der Waals surface area contributed by atoms with Crippen molar-refractivity contribution in [3.05, 3.63) is 59.7 Å². The molecule has 25 heavy (non-hydrogen) atoms. The van der Waals surface area contributed by atoms with Crippen LogP contribution in [0.25, 0.3) is 0 Å². The van der Waals surface area contributed by atoms with Crippen molar-refractivity contribution < 1.29 is 14.3 Å². The largest absolute Gasteiger partial charge is 0.491 e. The Kier molecular flexibility index (Phi) is 6.87. The molecule has 0 unspecified atom stereocenters. The van der Waals surface area contributed by atoms with Gasteiger partial charge in [0.15, 0.2) is 6.10 Å². The highest BCUT2D eigenvalue weighted by molar-refractivity contribution is 5.81. The lowest BCUT2D eigenvalue weighted by Gasteiger charge is -2.21. The van der Waals surface area contributed by atoms with E-state index in [4.69, 9.17) is 9.47 Å². The van der Waals surface area contributed by atoms with Crippen LogP contribution in [0.4, 0.5) is 0 Å². The first kappa shape index (κ1) is 18.8. The summed E-state index contributed by atoms with van der Waals surface area (Å²) in [6.45, 7) is 8.26. The van der Waals surface area contributed by atoms with E-state index in [0.717, 1.165) is 22.6 Å². The second kappa shape index (κ2) is 9.11.